The van der Waals surface area contributed by atoms with Crippen LogP contribution in [0, 0.1) is 36.0 Å². The molecular weight excluding hydrogens is 297 g/mol. The molecule has 2 rings (SSSR count). The van der Waals surface area contributed by atoms with Gasteiger partial charge in [-0.15, -0.1) is 11.3 Å². The van der Waals surface area contributed by atoms with Crippen LogP contribution in [0.3, 0.4) is 0 Å². The summed E-state index contributed by atoms with van der Waals surface area (Å²) >= 11 is 1.32. The van der Waals surface area contributed by atoms with Gasteiger partial charge in [-0.2, -0.15) is 0 Å². The van der Waals surface area contributed by atoms with Crippen molar-refractivity contribution in [2.75, 3.05) is 7.05 Å². The lowest BCUT2D eigenvalue weighted by Crippen LogP contribution is -2.22. The minimum absolute atomic E-state index is 0.473. The smallest absolute Gasteiger partial charge is 0.200 e. The van der Waals surface area contributed by atoms with Crippen LogP contribution < -0.4 is 5.32 Å². The molecule has 1 nitrogen and oxygen atoms in total. The summed E-state index contributed by atoms with van der Waals surface area (Å²) in [5.74, 6) is -9.66. The third-order valence-corrected chi connectivity index (χ3v) is 3.89. The zero-order chi connectivity index (χ0) is 15.0. The maximum atomic E-state index is 13.8. The number of thiophene rings is 1. The van der Waals surface area contributed by atoms with Crippen molar-refractivity contribution in [2.45, 2.75) is 13.0 Å². The minimum Gasteiger partial charge on any atom is -0.309 e. The first-order chi connectivity index (χ1) is 9.40. The van der Waals surface area contributed by atoms with Crippen molar-refractivity contribution >= 4 is 11.3 Å². The van der Waals surface area contributed by atoms with E-state index in [-0.39, 0.29) is 0 Å². The quantitative estimate of drug-likeness (QED) is 0.512. The Morgan fingerprint density at radius 2 is 1.45 bits per heavy atom. The van der Waals surface area contributed by atoms with Crippen LogP contribution in [0.1, 0.15) is 22.0 Å². The van der Waals surface area contributed by atoms with E-state index in [1.165, 1.54) is 18.4 Å². The molecule has 1 N–H and O–H groups in total. The Hall–Kier alpha value is -1.47. The van der Waals surface area contributed by atoms with Crippen LogP contribution in [0.2, 0.25) is 0 Å². The molecule has 0 radical (unpaired) electrons. The summed E-state index contributed by atoms with van der Waals surface area (Å²) in [5, 5.41) is 4.27. The van der Waals surface area contributed by atoms with Crippen molar-refractivity contribution < 1.29 is 22.0 Å². The van der Waals surface area contributed by atoms with Crippen LogP contribution in [-0.2, 0) is 0 Å². The molecule has 0 saturated carbocycles. The summed E-state index contributed by atoms with van der Waals surface area (Å²) < 4.78 is 67.2. The third kappa shape index (κ3) is 2.20. The predicted octanol–water partition coefficient (Wildman–Crippen LogP) is 4.06. The molecule has 0 bridgehead atoms. The SMILES string of the molecule is CNC(c1ccsc1C)c1c(F)c(F)c(F)c(F)c1F. The molecule has 1 heterocycles. The van der Waals surface area contributed by atoms with Crippen LogP contribution in [0.15, 0.2) is 11.4 Å². The van der Waals surface area contributed by atoms with Crippen molar-refractivity contribution in [2.24, 2.45) is 0 Å². The van der Waals surface area contributed by atoms with Crippen molar-refractivity contribution in [3.05, 3.63) is 56.5 Å². The molecule has 0 spiro atoms. The van der Waals surface area contributed by atoms with Gasteiger partial charge < -0.3 is 5.32 Å². The first kappa shape index (κ1) is 14.9. The maximum Gasteiger partial charge on any atom is 0.200 e. The van der Waals surface area contributed by atoms with E-state index in [1.54, 1.807) is 18.4 Å². The highest BCUT2D eigenvalue weighted by Gasteiger charge is 2.31. The maximum absolute atomic E-state index is 13.8. The Labute approximate surface area is 116 Å². The van der Waals surface area contributed by atoms with E-state index < -0.39 is 40.7 Å². The van der Waals surface area contributed by atoms with Crippen LogP contribution in [0.25, 0.3) is 0 Å². The molecule has 0 saturated heterocycles. The molecule has 0 aliphatic carbocycles. The second kappa shape index (κ2) is 5.49. The van der Waals surface area contributed by atoms with Gasteiger partial charge in [0, 0.05) is 4.88 Å². The monoisotopic (exact) mass is 307 g/mol. The van der Waals surface area contributed by atoms with Crippen molar-refractivity contribution in [1.29, 1.82) is 0 Å². The van der Waals surface area contributed by atoms with Crippen LogP contribution in [-0.4, -0.2) is 7.05 Å². The zero-order valence-corrected chi connectivity index (χ0v) is 11.3. The molecule has 7 heteroatoms. The van der Waals surface area contributed by atoms with Gasteiger partial charge in [-0.3, -0.25) is 0 Å². The number of nitrogens with one attached hydrogen (secondary N) is 1. The molecule has 0 aliphatic heterocycles. The van der Waals surface area contributed by atoms with E-state index >= 15 is 0 Å². The number of aryl methyl sites for hydroxylation is 1. The summed E-state index contributed by atoms with van der Waals surface area (Å²) in [4.78, 5) is 0.730. The summed E-state index contributed by atoms with van der Waals surface area (Å²) in [6.45, 7) is 1.70. The van der Waals surface area contributed by atoms with E-state index in [0.29, 0.717) is 5.56 Å². The Balaban J connectivity index is 2.71. The Morgan fingerprint density at radius 1 is 0.950 bits per heavy atom. The van der Waals surface area contributed by atoms with Crippen molar-refractivity contribution in [1.82, 2.24) is 5.32 Å². The molecular formula is C13H10F5NS. The molecule has 0 amide bonds. The lowest BCUT2D eigenvalue weighted by molar-refractivity contribution is 0.364. The first-order valence-electron chi connectivity index (χ1n) is 5.62. The summed E-state index contributed by atoms with van der Waals surface area (Å²) in [6, 6.07) is 0.477. The number of rotatable bonds is 3. The van der Waals surface area contributed by atoms with Gasteiger partial charge in [-0.25, -0.2) is 22.0 Å². The summed E-state index contributed by atoms with van der Waals surface area (Å²) in [6.07, 6.45) is 0. The van der Waals surface area contributed by atoms with Gasteiger partial charge in [0.2, 0.25) is 5.82 Å². The van der Waals surface area contributed by atoms with Gasteiger partial charge in [-0.1, -0.05) is 0 Å². The zero-order valence-electron chi connectivity index (χ0n) is 10.5. The van der Waals surface area contributed by atoms with Gasteiger partial charge in [0.05, 0.1) is 11.6 Å². The normalized spacial score (nSPS) is 12.8. The van der Waals surface area contributed by atoms with Crippen molar-refractivity contribution in [3.63, 3.8) is 0 Å². The standard InChI is InChI=1S/C13H10F5NS/c1-5-6(3-4-20-5)13(19-2)7-8(14)10(16)12(18)11(17)9(7)15/h3-4,13,19H,1-2H3. The predicted molar refractivity (Wildman–Crippen MR) is 66.2 cm³/mol. The molecule has 20 heavy (non-hydrogen) atoms. The van der Waals surface area contributed by atoms with Gasteiger partial charge >= 0.3 is 0 Å². The second-order valence-corrected chi connectivity index (χ2v) is 5.26. The van der Waals surface area contributed by atoms with Crippen molar-refractivity contribution in [3.8, 4) is 0 Å². The number of hydrogen-bond donors (Lipinski definition) is 1. The molecule has 0 aliphatic rings. The third-order valence-electron chi connectivity index (χ3n) is 3.03. The van der Waals surface area contributed by atoms with Gasteiger partial charge in [-0.05, 0) is 31.0 Å². The number of benzene rings is 1. The summed E-state index contributed by atoms with van der Waals surface area (Å²) in [5.41, 5.74) is -0.397. The fourth-order valence-electron chi connectivity index (χ4n) is 2.02. The Kier molecular flexibility index (Phi) is 4.10. The fraction of sp³-hybridized carbons (Fsp3) is 0.231. The van der Waals surface area contributed by atoms with E-state index in [1.807, 2.05) is 0 Å². The highest BCUT2D eigenvalue weighted by Crippen LogP contribution is 2.33. The topological polar surface area (TPSA) is 12.0 Å². The van der Waals surface area contributed by atoms with Gasteiger partial charge in [0.15, 0.2) is 23.3 Å². The van der Waals surface area contributed by atoms with E-state index in [4.69, 9.17) is 0 Å². The van der Waals surface area contributed by atoms with E-state index in [2.05, 4.69) is 5.32 Å². The van der Waals surface area contributed by atoms with Gasteiger partial charge in [0.1, 0.15) is 0 Å². The van der Waals surface area contributed by atoms with Crippen LogP contribution in [0.4, 0.5) is 22.0 Å². The average molecular weight is 307 g/mol. The lowest BCUT2D eigenvalue weighted by atomic mass is 9.98. The fourth-order valence-corrected chi connectivity index (χ4v) is 2.77. The van der Waals surface area contributed by atoms with E-state index in [0.717, 1.165) is 4.88 Å². The molecule has 108 valence electrons. The highest BCUT2D eigenvalue weighted by molar-refractivity contribution is 7.10. The largest absolute Gasteiger partial charge is 0.309 e. The highest BCUT2D eigenvalue weighted by atomic mass is 32.1. The summed E-state index contributed by atoms with van der Waals surface area (Å²) in [7, 11) is 1.39. The first-order valence-corrected chi connectivity index (χ1v) is 6.50. The lowest BCUT2D eigenvalue weighted by Gasteiger charge is -2.19. The molecule has 1 aromatic heterocycles. The van der Waals surface area contributed by atoms with E-state index in [9.17, 15) is 22.0 Å². The minimum atomic E-state index is -2.15. The molecule has 1 unspecified atom stereocenters. The van der Waals surface area contributed by atoms with Crippen LogP contribution >= 0.6 is 11.3 Å². The number of hydrogen-bond acceptors (Lipinski definition) is 2. The number of halogens is 5. The molecule has 2 aromatic rings. The van der Waals surface area contributed by atoms with Gasteiger partial charge in [0.25, 0.3) is 0 Å². The average Bonchev–Trinajstić information content (AvgIpc) is 2.85. The Morgan fingerprint density at radius 3 is 1.85 bits per heavy atom. The molecule has 0 fully saturated rings. The molecule has 1 aromatic carbocycles. The Bertz CT molecular complexity index is 623. The second-order valence-electron chi connectivity index (χ2n) is 4.14. The molecule has 1 atom stereocenters. The van der Waals surface area contributed by atoms with Crippen LogP contribution in [0.5, 0.6) is 0 Å².